The number of fused-ring (bicyclic) bond motifs is 1. The number of nitriles is 1. The molecule has 2 aliphatic rings. The number of amides is 1. The molecule has 0 radical (unpaired) electrons. The fourth-order valence-electron chi connectivity index (χ4n) is 4.27. The highest BCUT2D eigenvalue weighted by atomic mass is 35.5. The number of halogens is 1. The molecule has 0 N–H and O–H groups in total. The summed E-state index contributed by atoms with van der Waals surface area (Å²) in [6.45, 7) is 4.69. The van der Waals surface area contributed by atoms with Gasteiger partial charge in [0.25, 0.3) is 5.91 Å². The average molecular weight is 384 g/mol. The molecule has 0 saturated carbocycles. The van der Waals surface area contributed by atoms with Crippen molar-refractivity contribution >= 4 is 28.9 Å². The van der Waals surface area contributed by atoms with Crippen LogP contribution in [0.2, 0.25) is 5.15 Å². The molecule has 27 heavy (non-hydrogen) atoms. The molecule has 1 atom stereocenters. The smallest absolute Gasteiger partial charge is 0.293 e. The van der Waals surface area contributed by atoms with Crippen LogP contribution in [0.5, 0.6) is 0 Å². The van der Waals surface area contributed by atoms with Gasteiger partial charge in [-0.15, -0.1) is 5.10 Å². The van der Waals surface area contributed by atoms with Crippen molar-refractivity contribution in [1.82, 2.24) is 19.5 Å². The summed E-state index contributed by atoms with van der Waals surface area (Å²) in [6, 6.07) is 7.19. The molecule has 1 aliphatic carbocycles. The number of Topliss-reactive ketones (excluding diaryl/α,β-unsaturated/α-hetero) is 1. The highest BCUT2D eigenvalue weighted by Gasteiger charge is 2.49. The summed E-state index contributed by atoms with van der Waals surface area (Å²) in [6.07, 6.45) is 3.08. The minimum atomic E-state index is -0.617. The van der Waals surface area contributed by atoms with E-state index < -0.39 is 5.41 Å². The Hall–Kier alpha value is -2.72. The Morgan fingerprint density at radius 3 is 2.85 bits per heavy atom. The summed E-state index contributed by atoms with van der Waals surface area (Å²) in [4.78, 5) is 31.3. The first-order valence-electron chi connectivity index (χ1n) is 8.73. The summed E-state index contributed by atoms with van der Waals surface area (Å²) in [5, 5.41) is 13.9. The lowest BCUT2D eigenvalue weighted by Crippen LogP contribution is -2.40. The number of allylic oxidation sites excluding steroid dienone is 1. The van der Waals surface area contributed by atoms with E-state index in [1.807, 2.05) is 19.9 Å². The van der Waals surface area contributed by atoms with E-state index in [2.05, 4.69) is 10.1 Å². The van der Waals surface area contributed by atoms with Gasteiger partial charge in [0.1, 0.15) is 11.2 Å². The maximum absolute atomic E-state index is 12.9. The predicted molar refractivity (Wildman–Crippen MR) is 98.1 cm³/mol. The number of likely N-dealkylation sites (tertiary alicyclic amines) is 1. The lowest BCUT2D eigenvalue weighted by molar-refractivity contribution is -0.125. The number of nitrogens with zero attached hydrogens (tertiary/aromatic N) is 5. The van der Waals surface area contributed by atoms with Crippen LogP contribution < -0.4 is 0 Å². The summed E-state index contributed by atoms with van der Waals surface area (Å²) in [5.74, 6) is -0.305. The van der Waals surface area contributed by atoms with Gasteiger partial charge in [-0.3, -0.25) is 9.59 Å². The molecule has 7 nitrogen and oxygen atoms in total. The van der Waals surface area contributed by atoms with Gasteiger partial charge in [-0.1, -0.05) is 37.6 Å². The maximum Gasteiger partial charge on any atom is 0.293 e. The molecule has 0 bridgehead atoms. The van der Waals surface area contributed by atoms with Crippen LogP contribution in [0.15, 0.2) is 29.8 Å². The van der Waals surface area contributed by atoms with Crippen LogP contribution in [0, 0.1) is 22.2 Å². The third-order valence-corrected chi connectivity index (χ3v) is 5.69. The molecule has 8 heteroatoms. The molecule has 138 valence electrons. The SMILES string of the molecule is CC1(C)C[C@@]2(C=C(C#N)C1=O)CCN(C(=O)c1nc3cccc(Cl)n3n1)C2. The number of aromatic nitrogens is 3. The first kappa shape index (κ1) is 17.7. The van der Waals surface area contributed by atoms with Crippen LogP contribution in [0.3, 0.4) is 0 Å². The van der Waals surface area contributed by atoms with Crippen molar-refractivity contribution in [2.45, 2.75) is 26.7 Å². The fraction of sp³-hybridized carbons (Fsp3) is 0.421. The highest BCUT2D eigenvalue weighted by Crippen LogP contribution is 2.48. The molecule has 0 unspecified atom stereocenters. The molecular formula is C19H18ClN5O2. The fourth-order valence-corrected chi connectivity index (χ4v) is 4.46. The van der Waals surface area contributed by atoms with Crippen LogP contribution >= 0.6 is 11.6 Å². The second-order valence-electron chi connectivity index (χ2n) is 7.95. The number of pyridine rings is 1. The molecule has 1 amide bonds. The van der Waals surface area contributed by atoms with Crippen molar-refractivity contribution in [2.24, 2.45) is 10.8 Å². The standard InChI is InChI=1S/C19H18ClN5O2/c1-18(2)10-19(8-12(9-21)15(18)26)6-7-24(11-19)17(27)16-22-14-5-3-4-13(20)25(14)23-16/h3-5,8H,6-7,10-11H2,1-2H3/t19-/m0/s1. The molecule has 4 rings (SSSR count). The number of carbonyl (C=O) groups excluding carboxylic acids is 2. The molecule has 2 aromatic heterocycles. The van der Waals surface area contributed by atoms with E-state index in [0.717, 1.165) is 0 Å². The van der Waals surface area contributed by atoms with Gasteiger partial charge < -0.3 is 4.90 Å². The molecule has 1 fully saturated rings. The van der Waals surface area contributed by atoms with E-state index in [0.29, 0.717) is 36.7 Å². The van der Waals surface area contributed by atoms with Crippen LogP contribution in [-0.2, 0) is 4.79 Å². The second kappa shape index (κ2) is 5.89. The highest BCUT2D eigenvalue weighted by molar-refractivity contribution is 6.29. The number of carbonyl (C=O) groups is 2. The van der Waals surface area contributed by atoms with Gasteiger partial charge >= 0.3 is 0 Å². The van der Waals surface area contributed by atoms with Crippen LogP contribution in [0.25, 0.3) is 5.65 Å². The molecule has 1 saturated heterocycles. The Balaban J connectivity index is 1.63. The van der Waals surface area contributed by atoms with Gasteiger partial charge in [0.2, 0.25) is 5.82 Å². The molecular weight excluding hydrogens is 366 g/mol. The largest absolute Gasteiger partial charge is 0.335 e. The van der Waals surface area contributed by atoms with Crippen molar-refractivity contribution in [2.75, 3.05) is 13.1 Å². The zero-order valence-corrected chi connectivity index (χ0v) is 15.8. The molecule has 3 heterocycles. The lowest BCUT2D eigenvalue weighted by Gasteiger charge is -2.38. The summed E-state index contributed by atoms with van der Waals surface area (Å²) in [5.41, 5.74) is -0.281. The molecule has 1 spiro atoms. The Kier molecular flexibility index (Phi) is 3.86. The van der Waals surface area contributed by atoms with E-state index in [1.54, 1.807) is 29.2 Å². The van der Waals surface area contributed by atoms with Gasteiger partial charge in [0.15, 0.2) is 11.4 Å². The average Bonchev–Trinajstić information content (AvgIpc) is 3.23. The minimum absolute atomic E-state index is 0.0933. The van der Waals surface area contributed by atoms with E-state index in [-0.39, 0.29) is 28.5 Å². The number of hydrogen-bond acceptors (Lipinski definition) is 5. The zero-order chi connectivity index (χ0) is 19.4. The van der Waals surface area contributed by atoms with Gasteiger partial charge in [-0.2, -0.15) is 5.26 Å². The second-order valence-corrected chi connectivity index (χ2v) is 8.34. The van der Waals surface area contributed by atoms with Gasteiger partial charge in [0, 0.05) is 23.9 Å². The summed E-state index contributed by atoms with van der Waals surface area (Å²) >= 11 is 6.09. The monoisotopic (exact) mass is 383 g/mol. The molecule has 2 aromatic rings. The molecule has 1 aliphatic heterocycles. The van der Waals surface area contributed by atoms with E-state index >= 15 is 0 Å². The first-order chi connectivity index (χ1) is 12.7. The summed E-state index contributed by atoms with van der Waals surface area (Å²) < 4.78 is 1.43. The van der Waals surface area contributed by atoms with Crippen molar-refractivity contribution in [3.05, 3.63) is 40.8 Å². The number of ketones is 1. The zero-order valence-electron chi connectivity index (χ0n) is 15.1. The van der Waals surface area contributed by atoms with Gasteiger partial charge in [-0.25, -0.2) is 9.50 Å². The van der Waals surface area contributed by atoms with Crippen molar-refractivity contribution in [1.29, 1.82) is 5.26 Å². The van der Waals surface area contributed by atoms with E-state index in [4.69, 9.17) is 11.6 Å². The normalized spacial score (nSPS) is 24.3. The van der Waals surface area contributed by atoms with Crippen molar-refractivity contribution in [3.63, 3.8) is 0 Å². The van der Waals surface area contributed by atoms with E-state index in [1.165, 1.54) is 4.52 Å². The van der Waals surface area contributed by atoms with Crippen molar-refractivity contribution < 1.29 is 9.59 Å². The maximum atomic E-state index is 12.9. The van der Waals surface area contributed by atoms with Crippen LogP contribution in [0.1, 0.15) is 37.3 Å². The summed E-state index contributed by atoms with van der Waals surface area (Å²) in [7, 11) is 0. The first-order valence-corrected chi connectivity index (χ1v) is 9.11. The minimum Gasteiger partial charge on any atom is -0.335 e. The third kappa shape index (κ3) is 2.81. The Morgan fingerprint density at radius 1 is 1.37 bits per heavy atom. The molecule has 0 aromatic carbocycles. The Bertz CT molecular complexity index is 1050. The lowest BCUT2D eigenvalue weighted by atomic mass is 9.64. The number of rotatable bonds is 1. The van der Waals surface area contributed by atoms with Crippen LogP contribution in [0.4, 0.5) is 0 Å². The van der Waals surface area contributed by atoms with E-state index in [9.17, 15) is 14.9 Å². The van der Waals surface area contributed by atoms with Gasteiger partial charge in [0.05, 0.1) is 5.57 Å². The topological polar surface area (TPSA) is 91.4 Å². The Morgan fingerprint density at radius 2 is 2.15 bits per heavy atom. The third-order valence-electron chi connectivity index (χ3n) is 5.40. The van der Waals surface area contributed by atoms with Crippen molar-refractivity contribution in [3.8, 4) is 6.07 Å². The quantitative estimate of drug-likeness (QED) is 0.706. The Labute approximate surface area is 161 Å². The van der Waals surface area contributed by atoms with Crippen LogP contribution in [-0.4, -0.2) is 44.3 Å². The number of hydrogen-bond donors (Lipinski definition) is 0. The predicted octanol–water partition coefficient (Wildman–Crippen LogP) is 2.66. The van der Waals surface area contributed by atoms with Gasteiger partial charge in [-0.05, 0) is 25.0 Å².